The van der Waals surface area contributed by atoms with E-state index in [-0.39, 0.29) is 17.2 Å². The molecule has 0 aromatic heterocycles. The minimum Gasteiger partial charge on any atom is -0.366 e. The van der Waals surface area contributed by atoms with Gasteiger partial charge in [-0.1, -0.05) is 0 Å². The largest absolute Gasteiger partial charge is 0.366 e. The minimum absolute atomic E-state index is 0.0508. The van der Waals surface area contributed by atoms with Crippen molar-refractivity contribution in [3.05, 3.63) is 57.6 Å². The number of benzene rings is 2. The fourth-order valence-electron chi connectivity index (χ4n) is 3.97. The smallest absolute Gasteiger partial charge is 0.293 e. The highest BCUT2D eigenvalue weighted by Gasteiger charge is 2.24. The number of carbonyl (C=O) groups excluding carboxylic acids is 2. The Kier molecular flexibility index (Phi) is 4.92. The second-order valence-electron chi connectivity index (χ2n) is 7.41. The molecule has 1 N–H and O–H groups in total. The molecule has 0 unspecified atom stereocenters. The molecule has 8 heteroatoms. The molecule has 2 heterocycles. The molecule has 1 fully saturated rings. The molecule has 1 saturated heterocycles. The molecule has 0 atom stereocenters. The fraction of sp³-hybridized carbons (Fsp3) is 0.333. The summed E-state index contributed by atoms with van der Waals surface area (Å²) < 4.78 is 0. The molecule has 0 saturated carbocycles. The summed E-state index contributed by atoms with van der Waals surface area (Å²) in [5.74, 6) is -0.332. The Hall–Kier alpha value is -3.42. The molecule has 4 rings (SSSR count). The summed E-state index contributed by atoms with van der Waals surface area (Å²) in [5.41, 5.74) is 3.17. The average Bonchev–Trinajstić information content (AvgIpc) is 3.25. The Morgan fingerprint density at radius 3 is 2.52 bits per heavy atom. The molecular formula is C21H22N4O4. The van der Waals surface area contributed by atoms with Crippen molar-refractivity contribution in [2.45, 2.75) is 25.7 Å². The zero-order chi connectivity index (χ0) is 20.5. The Bertz CT molecular complexity index is 998. The first kappa shape index (κ1) is 18.9. The lowest BCUT2D eigenvalue weighted by Gasteiger charge is -2.26. The van der Waals surface area contributed by atoms with E-state index in [1.165, 1.54) is 6.07 Å². The maximum absolute atomic E-state index is 12.7. The van der Waals surface area contributed by atoms with Crippen molar-refractivity contribution in [1.82, 2.24) is 0 Å². The summed E-state index contributed by atoms with van der Waals surface area (Å²) in [6.45, 7) is 1.58. The quantitative estimate of drug-likeness (QED) is 0.634. The van der Waals surface area contributed by atoms with E-state index in [1.807, 2.05) is 11.0 Å². The first-order valence-electron chi connectivity index (χ1n) is 9.68. The lowest BCUT2D eigenvalue weighted by molar-refractivity contribution is -0.384. The number of fused-ring (bicyclic) bond motifs is 1. The SMILES string of the molecule is CN1C(=O)CCc2cc(NC(=O)c3ccc(N4CCCC4)c([N+](=O)[O-])c3)ccc21. The molecule has 0 spiro atoms. The van der Waals surface area contributed by atoms with Gasteiger partial charge in [0.1, 0.15) is 5.69 Å². The summed E-state index contributed by atoms with van der Waals surface area (Å²) >= 11 is 0. The van der Waals surface area contributed by atoms with Gasteiger partial charge in [-0.05, 0) is 55.2 Å². The van der Waals surface area contributed by atoms with Crippen molar-refractivity contribution < 1.29 is 14.5 Å². The van der Waals surface area contributed by atoms with Crippen LogP contribution < -0.4 is 15.1 Å². The molecule has 150 valence electrons. The van der Waals surface area contributed by atoms with E-state index in [2.05, 4.69) is 5.32 Å². The van der Waals surface area contributed by atoms with Gasteiger partial charge in [0, 0.05) is 49.6 Å². The van der Waals surface area contributed by atoms with Crippen molar-refractivity contribution >= 4 is 34.6 Å². The third-order valence-electron chi connectivity index (χ3n) is 5.56. The summed E-state index contributed by atoms with van der Waals surface area (Å²) in [5, 5.41) is 14.4. The van der Waals surface area contributed by atoms with Gasteiger partial charge >= 0.3 is 0 Å². The van der Waals surface area contributed by atoms with Gasteiger partial charge in [-0.25, -0.2) is 0 Å². The summed E-state index contributed by atoms with van der Waals surface area (Å²) in [7, 11) is 1.74. The predicted molar refractivity (Wildman–Crippen MR) is 111 cm³/mol. The van der Waals surface area contributed by atoms with Crippen LogP contribution in [-0.2, 0) is 11.2 Å². The minimum atomic E-state index is -0.434. The molecule has 2 aromatic carbocycles. The van der Waals surface area contributed by atoms with Crippen LogP contribution in [-0.4, -0.2) is 36.9 Å². The Morgan fingerprint density at radius 1 is 1.07 bits per heavy atom. The molecule has 2 aromatic rings. The van der Waals surface area contributed by atoms with E-state index in [0.29, 0.717) is 24.2 Å². The monoisotopic (exact) mass is 394 g/mol. The number of hydrogen-bond donors (Lipinski definition) is 1. The van der Waals surface area contributed by atoms with Crippen molar-refractivity contribution in [3.63, 3.8) is 0 Å². The van der Waals surface area contributed by atoms with Crippen molar-refractivity contribution in [2.24, 2.45) is 0 Å². The number of anilines is 3. The van der Waals surface area contributed by atoms with Gasteiger partial charge in [-0.3, -0.25) is 19.7 Å². The second-order valence-corrected chi connectivity index (χ2v) is 7.41. The molecule has 2 aliphatic rings. The van der Waals surface area contributed by atoms with Crippen LogP contribution in [0.1, 0.15) is 35.2 Å². The van der Waals surface area contributed by atoms with Gasteiger partial charge in [-0.2, -0.15) is 0 Å². The van der Waals surface area contributed by atoms with Crippen LogP contribution in [0.4, 0.5) is 22.7 Å². The lowest BCUT2D eigenvalue weighted by atomic mass is 10.0. The van der Waals surface area contributed by atoms with Gasteiger partial charge in [0.15, 0.2) is 0 Å². The zero-order valence-electron chi connectivity index (χ0n) is 16.2. The van der Waals surface area contributed by atoms with Crippen LogP contribution in [0.25, 0.3) is 0 Å². The fourth-order valence-corrected chi connectivity index (χ4v) is 3.97. The number of nitro benzene ring substituents is 1. The lowest BCUT2D eigenvalue weighted by Crippen LogP contribution is -2.31. The van der Waals surface area contributed by atoms with Crippen LogP contribution in [0.2, 0.25) is 0 Å². The topological polar surface area (TPSA) is 95.8 Å². The van der Waals surface area contributed by atoms with Gasteiger partial charge in [0.2, 0.25) is 5.91 Å². The number of nitrogens with one attached hydrogen (secondary N) is 1. The van der Waals surface area contributed by atoms with Gasteiger partial charge in [0.05, 0.1) is 4.92 Å². The van der Waals surface area contributed by atoms with Crippen LogP contribution >= 0.6 is 0 Å². The van der Waals surface area contributed by atoms with Gasteiger partial charge in [-0.15, -0.1) is 0 Å². The first-order valence-corrected chi connectivity index (χ1v) is 9.68. The van der Waals surface area contributed by atoms with E-state index >= 15 is 0 Å². The zero-order valence-corrected chi connectivity index (χ0v) is 16.2. The summed E-state index contributed by atoms with van der Waals surface area (Å²) in [6.07, 6.45) is 3.08. The third kappa shape index (κ3) is 3.65. The van der Waals surface area contributed by atoms with Gasteiger partial charge in [0.25, 0.3) is 11.6 Å². The number of nitro groups is 1. The summed E-state index contributed by atoms with van der Waals surface area (Å²) in [6, 6.07) is 10.0. The van der Waals surface area contributed by atoms with Crippen LogP contribution in [0.15, 0.2) is 36.4 Å². The molecule has 0 radical (unpaired) electrons. The Morgan fingerprint density at radius 2 is 1.79 bits per heavy atom. The van der Waals surface area contributed by atoms with Crippen LogP contribution in [0, 0.1) is 10.1 Å². The number of aryl methyl sites for hydroxylation is 1. The molecule has 2 amide bonds. The molecule has 0 aliphatic carbocycles. The molecular weight excluding hydrogens is 372 g/mol. The summed E-state index contributed by atoms with van der Waals surface area (Å²) in [4.78, 5) is 39.2. The molecule has 0 bridgehead atoms. The number of carbonyl (C=O) groups is 2. The van der Waals surface area contributed by atoms with Gasteiger partial charge < -0.3 is 15.1 Å². The highest BCUT2D eigenvalue weighted by Crippen LogP contribution is 2.32. The van der Waals surface area contributed by atoms with E-state index in [0.717, 1.165) is 37.2 Å². The number of hydrogen-bond acceptors (Lipinski definition) is 5. The van der Waals surface area contributed by atoms with Crippen molar-refractivity contribution in [2.75, 3.05) is 35.3 Å². The van der Waals surface area contributed by atoms with Crippen molar-refractivity contribution in [3.8, 4) is 0 Å². The van der Waals surface area contributed by atoms with Crippen LogP contribution in [0.3, 0.4) is 0 Å². The highest BCUT2D eigenvalue weighted by molar-refractivity contribution is 6.05. The maximum Gasteiger partial charge on any atom is 0.293 e. The Balaban J connectivity index is 1.56. The van der Waals surface area contributed by atoms with Crippen LogP contribution in [0.5, 0.6) is 0 Å². The first-order chi connectivity index (χ1) is 13.9. The molecule has 2 aliphatic heterocycles. The predicted octanol–water partition coefficient (Wildman–Crippen LogP) is 3.36. The average molecular weight is 394 g/mol. The maximum atomic E-state index is 12.7. The van der Waals surface area contributed by atoms with E-state index in [9.17, 15) is 19.7 Å². The Labute approximate surface area is 168 Å². The second kappa shape index (κ2) is 7.54. The molecule has 29 heavy (non-hydrogen) atoms. The number of amides is 2. The number of nitrogens with zero attached hydrogens (tertiary/aromatic N) is 3. The van der Waals surface area contributed by atoms with E-state index in [1.54, 1.807) is 36.2 Å². The van der Waals surface area contributed by atoms with E-state index < -0.39 is 10.8 Å². The standard InChI is InChI=1S/C21H22N4O4/c1-23-17-8-6-16(12-14(17)5-9-20(23)26)22-21(27)15-4-7-18(19(13-15)25(28)29)24-10-2-3-11-24/h4,6-8,12-13H,2-3,5,9-11H2,1H3,(H,22,27). The van der Waals surface area contributed by atoms with E-state index in [4.69, 9.17) is 0 Å². The van der Waals surface area contributed by atoms with Crippen molar-refractivity contribution in [1.29, 1.82) is 0 Å². The molecule has 8 nitrogen and oxygen atoms in total. The highest BCUT2D eigenvalue weighted by atomic mass is 16.6. The third-order valence-corrected chi connectivity index (χ3v) is 5.56. The normalized spacial score (nSPS) is 16.0. The number of rotatable bonds is 4.